The zero-order valence-electron chi connectivity index (χ0n) is 5.08. The second-order valence-electron chi connectivity index (χ2n) is 2.06. The van der Waals surface area contributed by atoms with Crippen molar-refractivity contribution in [2.45, 2.75) is 25.7 Å². The van der Waals surface area contributed by atoms with Crippen LogP contribution in [0.3, 0.4) is 0 Å². The zero-order valence-corrected chi connectivity index (χ0v) is 8.26. The summed E-state index contributed by atoms with van der Waals surface area (Å²) >= 11 is 6.99. The molecule has 0 aromatic rings. The molecule has 2 radical (unpaired) electrons. The Kier molecular flexibility index (Phi) is 3.27. The Morgan fingerprint density at radius 3 is 1.89 bits per heavy atom. The molecule has 50 valence electrons. The van der Waals surface area contributed by atoms with Gasteiger partial charge in [-0.25, -0.2) is 0 Å². The summed E-state index contributed by atoms with van der Waals surface area (Å²) in [5.41, 5.74) is 0. The molecule has 0 atom stereocenters. The summed E-state index contributed by atoms with van der Waals surface area (Å²) < 4.78 is 2.63. The zero-order chi connectivity index (χ0) is 6.69. The minimum absolute atomic E-state index is 1.09. The highest BCUT2D eigenvalue weighted by molar-refractivity contribution is 9.14. The van der Waals surface area contributed by atoms with Crippen molar-refractivity contribution in [3.05, 3.63) is 15.4 Å². The standard InChI is InChI=1S/C7H8Br2/c8-6-4-2-1-3-5-7(6)9/h2-5H2. The molecule has 0 amide bonds. The van der Waals surface area contributed by atoms with Crippen LogP contribution in [0.25, 0.3) is 0 Å². The summed E-state index contributed by atoms with van der Waals surface area (Å²) in [6.45, 7) is 0. The summed E-state index contributed by atoms with van der Waals surface area (Å²) in [7, 11) is 0. The van der Waals surface area contributed by atoms with Crippen molar-refractivity contribution < 1.29 is 0 Å². The van der Waals surface area contributed by atoms with Crippen LogP contribution in [-0.4, -0.2) is 0 Å². The van der Waals surface area contributed by atoms with E-state index in [1.807, 2.05) is 0 Å². The molecule has 0 saturated heterocycles. The van der Waals surface area contributed by atoms with Crippen LogP contribution in [0.5, 0.6) is 0 Å². The van der Waals surface area contributed by atoms with Gasteiger partial charge < -0.3 is 0 Å². The maximum Gasteiger partial charge on any atom is 0.00520 e. The van der Waals surface area contributed by atoms with Crippen LogP contribution in [-0.2, 0) is 0 Å². The number of hydrogen-bond donors (Lipinski definition) is 0. The van der Waals surface area contributed by atoms with Gasteiger partial charge in [-0.2, -0.15) is 0 Å². The van der Waals surface area contributed by atoms with E-state index in [1.165, 1.54) is 8.96 Å². The second kappa shape index (κ2) is 3.77. The largest absolute Gasteiger partial charge is 0.0548 e. The first-order valence-corrected chi connectivity index (χ1v) is 4.63. The van der Waals surface area contributed by atoms with Gasteiger partial charge in [-0.05, 0) is 32.1 Å². The van der Waals surface area contributed by atoms with Crippen molar-refractivity contribution in [3.8, 4) is 0 Å². The molecule has 0 aromatic carbocycles. The van der Waals surface area contributed by atoms with Crippen LogP contribution in [0.1, 0.15) is 25.7 Å². The molecule has 0 aromatic heterocycles. The van der Waals surface area contributed by atoms with Crippen LogP contribution >= 0.6 is 31.9 Å². The van der Waals surface area contributed by atoms with Crippen LogP contribution in [0.4, 0.5) is 0 Å². The van der Waals surface area contributed by atoms with Crippen LogP contribution in [0, 0.1) is 6.42 Å². The molecule has 0 unspecified atom stereocenters. The third kappa shape index (κ3) is 2.42. The Balaban J connectivity index is 2.55. The van der Waals surface area contributed by atoms with Gasteiger partial charge in [0.05, 0.1) is 0 Å². The number of halogens is 2. The molecule has 9 heavy (non-hydrogen) atoms. The molecule has 2 heteroatoms. The Morgan fingerprint density at radius 1 is 1.00 bits per heavy atom. The van der Waals surface area contributed by atoms with Crippen molar-refractivity contribution >= 4 is 31.9 Å². The molecule has 0 fully saturated rings. The van der Waals surface area contributed by atoms with Gasteiger partial charge in [0.2, 0.25) is 0 Å². The van der Waals surface area contributed by atoms with Gasteiger partial charge >= 0.3 is 0 Å². The predicted octanol–water partition coefficient (Wildman–Crippen LogP) is 3.64. The smallest absolute Gasteiger partial charge is 0.00520 e. The van der Waals surface area contributed by atoms with E-state index in [-0.39, 0.29) is 0 Å². The van der Waals surface area contributed by atoms with Gasteiger partial charge in [0.25, 0.3) is 0 Å². The SMILES string of the molecule is BrC1=C(Br)CC[C]CC1. The molecular formula is C7H8Br2. The lowest BCUT2D eigenvalue weighted by molar-refractivity contribution is 0.888. The molecule has 0 aliphatic heterocycles. The molecule has 0 nitrogen and oxygen atoms in total. The molecule has 0 N–H and O–H groups in total. The highest BCUT2D eigenvalue weighted by Gasteiger charge is 2.05. The van der Waals surface area contributed by atoms with Crippen LogP contribution in [0.2, 0.25) is 0 Å². The summed E-state index contributed by atoms with van der Waals surface area (Å²) in [6, 6.07) is 0. The van der Waals surface area contributed by atoms with Crippen molar-refractivity contribution in [2.24, 2.45) is 0 Å². The van der Waals surface area contributed by atoms with E-state index in [4.69, 9.17) is 0 Å². The van der Waals surface area contributed by atoms with Gasteiger partial charge in [-0.3, -0.25) is 0 Å². The Labute approximate surface area is 73.0 Å². The predicted molar refractivity (Wildman–Crippen MR) is 46.6 cm³/mol. The van der Waals surface area contributed by atoms with E-state index in [0.29, 0.717) is 0 Å². The molecule has 0 spiro atoms. The average molecular weight is 252 g/mol. The third-order valence-electron chi connectivity index (χ3n) is 1.34. The lowest BCUT2D eigenvalue weighted by Crippen LogP contribution is -1.71. The Hall–Kier alpha value is 0.700. The quantitative estimate of drug-likeness (QED) is 0.617. The fourth-order valence-corrected chi connectivity index (χ4v) is 1.59. The van der Waals surface area contributed by atoms with E-state index in [9.17, 15) is 0 Å². The van der Waals surface area contributed by atoms with E-state index >= 15 is 0 Å². The average Bonchev–Trinajstić information content (AvgIpc) is 1.99. The first-order valence-electron chi connectivity index (χ1n) is 3.04. The topological polar surface area (TPSA) is 0 Å². The summed E-state index contributed by atoms with van der Waals surface area (Å²) in [6.07, 6.45) is 7.72. The van der Waals surface area contributed by atoms with Crippen LogP contribution in [0.15, 0.2) is 8.96 Å². The minimum Gasteiger partial charge on any atom is -0.0548 e. The lowest BCUT2D eigenvalue weighted by atomic mass is 10.2. The number of hydrogen-bond acceptors (Lipinski definition) is 0. The monoisotopic (exact) mass is 250 g/mol. The Morgan fingerprint density at radius 2 is 1.44 bits per heavy atom. The second-order valence-corrected chi connectivity index (χ2v) is 3.97. The van der Waals surface area contributed by atoms with Gasteiger partial charge in [0, 0.05) is 8.96 Å². The Bertz CT molecular complexity index is 113. The van der Waals surface area contributed by atoms with E-state index < -0.39 is 0 Å². The fraction of sp³-hybridized carbons (Fsp3) is 0.571. The van der Waals surface area contributed by atoms with Gasteiger partial charge in [-0.1, -0.05) is 31.9 Å². The van der Waals surface area contributed by atoms with Crippen molar-refractivity contribution in [3.63, 3.8) is 0 Å². The molecule has 1 aliphatic rings. The van der Waals surface area contributed by atoms with Gasteiger partial charge in [0.1, 0.15) is 0 Å². The normalized spacial score (nSPS) is 22.0. The number of rotatable bonds is 0. The molecule has 1 rings (SSSR count). The molecule has 0 bridgehead atoms. The van der Waals surface area contributed by atoms with Crippen molar-refractivity contribution in [1.82, 2.24) is 0 Å². The van der Waals surface area contributed by atoms with Crippen LogP contribution < -0.4 is 0 Å². The fourth-order valence-electron chi connectivity index (χ4n) is 0.793. The summed E-state index contributed by atoms with van der Waals surface area (Å²) in [5, 5.41) is 0. The third-order valence-corrected chi connectivity index (χ3v) is 3.62. The molecular weight excluding hydrogens is 244 g/mol. The minimum atomic E-state index is 1.09. The van der Waals surface area contributed by atoms with Crippen molar-refractivity contribution in [2.75, 3.05) is 0 Å². The maximum absolute atomic E-state index is 3.50. The van der Waals surface area contributed by atoms with E-state index in [2.05, 4.69) is 38.3 Å². The highest BCUT2D eigenvalue weighted by Crippen LogP contribution is 2.30. The molecule has 0 saturated carbocycles. The van der Waals surface area contributed by atoms with E-state index in [1.54, 1.807) is 0 Å². The molecule has 0 heterocycles. The van der Waals surface area contributed by atoms with E-state index in [0.717, 1.165) is 25.7 Å². The van der Waals surface area contributed by atoms with Gasteiger partial charge in [-0.15, -0.1) is 0 Å². The maximum atomic E-state index is 3.50. The summed E-state index contributed by atoms with van der Waals surface area (Å²) in [5.74, 6) is 0. The lowest BCUT2D eigenvalue weighted by Gasteiger charge is -1.94. The first-order chi connectivity index (χ1) is 4.30. The van der Waals surface area contributed by atoms with Gasteiger partial charge in [0.15, 0.2) is 0 Å². The highest BCUT2D eigenvalue weighted by atomic mass is 79.9. The summed E-state index contributed by atoms with van der Waals surface area (Å²) in [4.78, 5) is 0. The first kappa shape index (κ1) is 7.80. The number of allylic oxidation sites excluding steroid dienone is 2. The van der Waals surface area contributed by atoms with Crippen molar-refractivity contribution in [1.29, 1.82) is 0 Å². The molecule has 1 aliphatic carbocycles.